The number of piperidine rings is 1. The van der Waals surface area contributed by atoms with E-state index >= 15 is 0 Å². The van der Waals surface area contributed by atoms with Gasteiger partial charge in [-0.15, -0.1) is 0 Å². The van der Waals surface area contributed by atoms with Crippen molar-refractivity contribution in [3.63, 3.8) is 0 Å². The molecular weight excluding hydrogens is 396 g/mol. The van der Waals surface area contributed by atoms with E-state index in [1.165, 1.54) is 4.90 Å². The Kier molecular flexibility index (Phi) is 5.59. The third-order valence-corrected chi connectivity index (χ3v) is 5.90. The molecular formula is C24H24N2O5. The van der Waals surface area contributed by atoms with Crippen LogP contribution in [0.15, 0.2) is 48.5 Å². The van der Waals surface area contributed by atoms with Crippen molar-refractivity contribution >= 4 is 23.7 Å². The van der Waals surface area contributed by atoms with E-state index in [1.807, 2.05) is 43.3 Å². The number of hydrogen-bond donors (Lipinski definition) is 1. The van der Waals surface area contributed by atoms with Crippen LogP contribution in [0.5, 0.6) is 0 Å². The van der Waals surface area contributed by atoms with Gasteiger partial charge in [-0.2, -0.15) is 0 Å². The van der Waals surface area contributed by atoms with Crippen LogP contribution in [0.4, 0.5) is 0 Å². The van der Waals surface area contributed by atoms with Gasteiger partial charge in [0.25, 0.3) is 11.8 Å². The number of amides is 3. The first kappa shape index (κ1) is 20.8. The standard InChI is InChI=1S/C24H24N2O5/c1-2-7-17-10-6-11-18-14-26(21(28)20(17)18)24(13-12-19(27)25-22(24)29)23(30)31-15-16-8-4-3-5-9-16/h3-6,8-11H,2,7,12-15H2,1H3,(H,25,27,29)/t24-/m1/s1. The molecule has 2 aliphatic rings. The fourth-order valence-corrected chi connectivity index (χ4v) is 4.33. The molecule has 1 fully saturated rings. The van der Waals surface area contributed by atoms with Crippen LogP contribution in [-0.2, 0) is 38.7 Å². The van der Waals surface area contributed by atoms with Crippen molar-refractivity contribution in [3.8, 4) is 0 Å². The summed E-state index contributed by atoms with van der Waals surface area (Å²) >= 11 is 0. The summed E-state index contributed by atoms with van der Waals surface area (Å²) in [7, 11) is 0. The normalized spacial score (nSPS) is 20.4. The van der Waals surface area contributed by atoms with Crippen molar-refractivity contribution in [1.29, 1.82) is 0 Å². The first-order valence-electron chi connectivity index (χ1n) is 10.5. The summed E-state index contributed by atoms with van der Waals surface area (Å²) in [4.78, 5) is 52.9. The maximum Gasteiger partial charge on any atom is 0.342 e. The van der Waals surface area contributed by atoms with Crippen molar-refractivity contribution in [2.45, 2.75) is 51.3 Å². The van der Waals surface area contributed by atoms with Crippen molar-refractivity contribution < 1.29 is 23.9 Å². The number of rotatable bonds is 6. The molecule has 0 bridgehead atoms. The SMILES string of the molecule is CCCc1cccc2c1C(=O)N([C@]1(C(=O)OCc3ccccc3)CCC(=O)NC1=O)C2. The molecule has 1 atom stereocenters. The molecule has 3 amide bonds. The number of esters is 1. The molecule has 0 aromatic heterocycles. The molecule has 0 spiro atoms. The topological polar surface area (TPSA) is 92.8 Å². The second-order valence-corrected chi connectivity index (χ2v) is 7.89. The number of hydrogen-bond acceptors (Lipinski definition) is 5. The van der Waals surface area contributed by atoms with Crippen molar-refractivity contribution in [2.75, 3.05) is 0 Å². The predicted octanol–water partition coefficient (Wildman–Crippen LogP) is 2.51. The highest BCUT2D eigenvalue weighted by Gasteiger charge is 2.58. The van der Waals surface area contributed by atoms with E-state index in [0.717, 1.165) is 29.5 Å². The Morgan fingerprint density at radius 2 is 1.87 bits per heavy atom. The Morgan fingerprint density at radius 1 is 1.10 bits per heavy atom. The summed E-state index contributed by atoms with van der Waals surface area (Å²) in [6, 6.07) is 14.7. The van der Waals surface area contributed by atoms with Gasteiger partial charge in [0, 0.05) is 18.5 Å². The lowest BCUT2D eigenvalue weighted by Crippen LogP contribution is -2.67. The lowest BCUT2D eigenvalue weighted by atomic mass is 9.86. The zero-order chi connectivity index (χ0) is 22.0. The molecule has 0 unspecified atom stereocenters. The monoisotopic (exact) mass is 420 g/mol. The number of aryl methyl sites for hydroxylation is 1. The van der Waals surface area contributed by atoms with Crippen LogP contribution in [0.2, 0.25) is 0 Å². The molecule has 2 aromatic carbocycles. The lowest BCUT2D eigenvalue weighted by Gasteiger charge is -2.40. The van der Waals surface area contributed by atoms with E-state index in [9.17, 15) is 19.2 Å². The number of nitrogens with one attached hydrogen (secondary N) is 1. The summed E-state index contributed by atoms with van der Waals surface area (Å²) in [5, 5.41) is 2.24. The molecule has 7 heteroatoms. The second-order valence-electron chi connectivity index (χ2n) is 7.89. The average Bonchev–Trinajstić information content (AvgIpc) is 3.11. The fraction of sp³-hybridized carbons (Fsp3) is 0.333. The van der Waals surface area contributed by atoms with Gasteiger partial charge in [-0.1, -0.05) is 61.9 Å². The Morgan fingerprint density at radius 3 is 2.58 bits per heavy atom. The van der Waals surface area contributed by atoms with Crippen LogP contribution in [-0.4, -0.2) is 34.1 Å². The molecule has 1 saturated heterocycles. The molecule has 160 valence electrons. The molecule has 0 radical (unpaired) electrons. The first-order chi connectivity index (χ1) is 15.0. The van der Waals surface area contributed by atoms with Crippen LogP contribution in [0.1, 0.15) is 53.2 Å². The van der Waals surface area contributed by atoms with Crippen LogP contribution in [0.3, 0.4) is 0 Å². The van der Waals surface area contributed by atoms with E-state index in [1.54, 1.807) is 12.1 Å². The maximum absolute atomic E-state index is 13.5. The number of nitrogens with zero attached hydrogens (tertiary/aromatic N) is 1. The predicted molar refractivity (Wildman–Crippen MR) is 112 cm³/mol. The average molecular weight is 420 g/mol. The van der Waals surface area contributed by atoms with Crippen LogP contribution >= 0.6 is 0 Å². The number of benzene rings is 2. The largest absolute Gasteiger partial charge is 0.459 e. The van der Waals surface area contributed by atoms with Crippen LogP contribution in [0, 0.1) is 0 Å². The van der Waals surface area contributed by atoms with E-state index in [2.05, 4.69) is 5.32 Å². The van der Waals surface area contributed by atoms with Gasteiger partial charge in [0.15, 0.2) is 0 Å². The minimum absolute atomic E-state index is 0.0291. The Hall–Kier alpha value is -3.48. The number of imide groups is 1. The van der Waals surface area contributed by atoms with Gasteiger partial charge >= 0.3 is 5.97 Å². The number of ether oxygens (including phenoxy) is 1. The van der Waals surface area contributed by atoms with Crippen molar-refractivity contribution in [2.24, 2.45) is 0 Å². The van der Waals surface area contributed by atoms with E-state index in [4.69, 9.17) is 4.74 Å². The van der Waals surface area contributed by atoms with Crippen LogP contribution in [0.25, 0.3) is 0 Å². The summed E-state index contributed by atoms with van der Waals surface area (Å²) in [6.07, 6.45) is 1.43. The molecule has 31 heavy (non-hydrogen) atoms. The Balaban J connectivity index is 1.68. The van der Waals surface area contributed by atoms with Gasteiger partial charge in [0.1, 0.15) is 6.61 Å². The van der Waals surface area contributed by atoms with E-state index in [-0.39, 0.29) is 31.9 Å². The van der Waals surface area contributed by atoms with Crippen molar-refractivity contribution in [3.05, 3.63) is 70.8 Å². The van der Waals surface area contributed by atoms with Gasteiger partial charge in [-0.05, 0) is 29.5 Å². The second kappa shape index (κ2) is 8.34. The highest BCUT2D eigenvalue weighted by atomic mass is 16.5. The summed E-state index contributed by atoms with van der Waals surface area (Å²) in [6.45, 7) is 2.12. The summed E-state index contributed by atoms with van der Waals surface area (Å²) in [5.41, 5.74) is 1.11. The number of fused-ring (bicyclic) bond motifs is 1. The molecule has 1 N–H and O–H groups in total. The first-order valence-corrected chi connectivity index (χ1v) is 10.5. The zero-order valence-electron chi connectivity index (χ0n) is 17.3. The highest BCUT2D eigenvalue weighted by Crippen LogP contribution is 2.37. The van der Waals surface area contributed by atoms with Gasteiger partial charge in [-0.3, -0.25) is 19.7 Å². The maximum atomic E-state index is 13.5. The molecule has 7 nitrogen and oxygen atoms in total. The number of carbonyl (C=O) groups is 4. The third kappa shape index (κ3) is 3.60. The minimum atomic E-state index is -1.87. The van der Waals surface area contributed by atoms with Gasteiger partial charge in [0.05, 0.1) is 0 Å². The molecule has 0 saturated carbocycles. The summed E-state index contributed by atoms with van der Waals surface area (Å²) in [5.74, 6) is -2.47. The highest BCUT2D eigenvalue weighted by molar-refractivity contribution is 6.18. The quantitative estimate of drug-likeness (QED) is 0.440. The zero-order valence-corrected chi connectivity index (χ0v) is 17.3. The van der Waals surface area contributed by atoms with Gasteiger partial charge in [0.2, 0.25) is 11.4 Å². The third-order valence-electron chi connectivity index (χ3n) is 5.90. The van der Waals surface area contributed by atoms with Crippen LogP contribution < -0.4 is 5.32 Å². The molecule has 2 aliphatic heterocycles. The lowest BCUT2D eigenvalue weighted by molar-refractivity contribution is -0.167. The minimum Gasteiger partial charge on any atom is -0.459 e. The number of carbonyl (C=O) groups excluding carboxylic acids is 4. The molecule has 2 heterocycles. The molecule has 4 rings (SSSR count). The summed E-state index contributed by atoms with van der Waals surface area (Å²) < 4.78 is 5.51. The van der Waals surface area contributed by atoms with E-state index < -0.39 is 23.3 Å². The fourth-order valence-electron chi connectivity index (χ4n) is 4.33. The van der Waals surface area contributed by atoms with Gasteiger partial charge < -0.3 is 9.64 Å². The Labute approximate surface area is 180 Å². The molecule has 0 aliphatic carbocycles. The Bertz CT molecular complexity index is 1050. The van der Waals surface area contributed by atoms with Crippen molar-refractivity contribution in [1.82, 2.24) is 10.2 Å². The smallest absolute Gasteiger partial charge is 0.342 e. The van der Waals surface area contributed by atoms with E-state index in [0.29, 0.717) is 5.56 Å². The molecule has 2 aromatic rings. The van der Waals surface area contributed by atoms with Gasteiger partial charge in [-0.25, -0.2) is 4.79 Å².